The summed E-state index contributed by atoms with van der Waals surface area (Å²) in [6, 6.07) is 9.00. The lowest BCUT2D eigenvalue weighted by Crippen LogP contribution is -2.48. The maximum atomic E-state index is 11.8. The molecule has 1 aromatic carbocycles. The number of amides is 1. The van der Waals surface area contributed by atoms with Crippen LogP contribution in [0.25, 0.3) is 0 Å². The van der Waals surface area contributed by atoms with E-state index in [2.05, 4.69) is 46.4 Å². The highest BCUT2D eigenvalue weighted by molar-refractivity contribution is 5.78. The first kappa shape index (κ1) is 22.4. The van der Waals surface area contributed by atoms with Crippen molar-refractivity contribution in [3.05, 3.63) is 35.4 Å². The van der Waals surface area contributed by atoms with Gasteiger partial charge < -0.3 is 25.4 Å². The summed E-state index contributed by atoms with van der Waals surface area (Å²) in [6.45, 7) is 9.57. The Kier molecular flexibility index (Phi) is 8.33. The van der Waals surface area contributed by atoms with Crippen molar-refractivity contribution < 1.29 is 14.3 Å². The highest BCUT2D eigenvalue weighted by atomic mass is 16.6. The molecule has 1 unspecified atom stereocenters. The zero-order chi connectivity index (χ0) is 21.3. The van der Waals surface area contributed by atoms with Gasteiger partial charge in [-0.3, -0.25) is 9.89 Å². The molecule has 2 aliphatic rings. The second kappa shape index (κ2) is 11.2. The predicted octanol–water partition coefficient (Wildman–Crippen LogP) is 1.89. The molecule has 0 saturated carbocycles. The first-order chi connectivity index (χ1) is 14.6. The molecule has 2 fully saturated rings. The van der Waals surface area contributed by atoms with Gasteiger partial charge in [0.25, 0.3) is 0 Å². The molecule has 8 nitrogen and oxygen atoms in total. The van der Waals surface area contributed by atoms with Gasteiger partial charge in [0, 0.05) is 32.2 Å². The number of carbonyl (C=O) groups is 1. The number of aliphatic imine (C=N–C) groups is 1. The van der Waals surface area contributed by atoms with Gasteiger partial charge in [-0.25, -0.2) is 4.79 Å². The molecule has 166 valence electrons. The highest BCUT2D eigenvalue weighted by Crippen LogP contribution is 2.23. The molecular weight excluding hydrogens is 382 g/mol. The van der Waals surface area contributed by atoms with Crippen LogP contribution in [0.4, 0.5) is 4.79 Å². The van der Waals surface area contributed by atoms with Gasteiger partial charge in [0.1, 0.15) is 0 Å². The summed E-state index contributed by atoms with van der Waals surface area (Å²) in [5, 5.41) is 3.34. The third-order valence-corrected chi connectivity index (χ3v) is 5.72. The second-order valence-electron chi connectivity index (χ2n) is 7.91. The Morgan fingerprint density at radius 3 is 2.70 bits per heavy atom. The van der Waals surface area contributed by atoms with E-state index in [1.165, 1.54) is 11.1 Å². The second-order valence-corrected chi connectivity index (χ2v) is 7.91. The summed E-state index contributed by atoms with van der Waals surface area (Å²) in [6.07, 6.45) is 1.43. The van der Waals surface area contributed by atoms with Crippen LogP contribution in [-0.2, 0) is 9.47 Å². The molecule has 1 aromatic rings. The van der Waals surface area contributed by atoms with Gasteiger partial charge in [-0.15, -0.1) is 0 Å². The van der Waals surface area contributed by atoms with Crippen molar-refractivity contribution in [1.82, 2.24) is 15.1 Å². The van der Waals surface area contributed by atoms with Crippen LogP contribution < -0.4 is 11.1 Å². The lowest BCUT2D eigenvalue weighted by Gasteiger charge is -2.34. The zero-order valence-corrected chi connectivity index (χ0v) is 18.2. The van der Waals surface area contributed by atoms with E-state index >= 15 is 0 Å². The van der Waals surface area contributed by atoms with Crippen LogP contribution in [0.2, 0.25) is 0 Å². The number of ether oxygens (including phenoxy) is 2. The van der Waals surface area contributed by atoms with Crippen LogP contribution in [0, 0.1) is 6.92 Å². The van der Waals surface area contributed by atoms with Gasteiger partial charge in [0.15, 0.2) is 5.96 Å². The lowest BCUT2D eigenvalue weighted by molar-refractivity contribution is 0.0179. The molecule has 30 heavy (non-hydrogen) atoms. The maximum Gasteiger partial charge on any atom is 0.409 e. The minimum Gasteiger partial charge on any atom is -0.450 e. The van der Waals surface area contributed by atoms with Gasteiger partial charge >= 0.3 is 6.09 Å². The van der Waals surface area contributed by atoms with E-state index in [1.54, 1.807) is 4.90 Å². The number of nitrogens with two attached hydrogens (primary N) is 1. The number of piperidine rings is 1. The molecule has 2 saturated heterocycles. The van der Waals surface area contributed by atoms with E-state index in [1.807, 2.05) is 6.92 Å². The molecule has 0 radical (unpaired) electrons. The number of aryl methyl sites for hydroxylation is 1. The van der Waals surface area contributed by atoms with Crippen LogP contribution in [-0.4, -0.2) is 80.4 Å². The van der Waals surface area contributed by atoms with Gasteiger partial charge in [0.05, 0.1) is 32.4 Å². The highest BCUT2D eigenvalue weighted by Gasteiger charge is 2.25. The van der Waals surface area contributed by atoms with E-state index in [4.69, 9.17) is 15.2 Å². The standard InChI is InChI=1S/C22H35N5O3/c1-3-30-22(28)27-9-7-19(8-10-27)25-21(23)24-16-20(26-11-13-29-14-12-26)18-6-4-5-17(2)15-18/h4-6,15,19-20H,3,7-14,16H2,1-2H3,(H3,23,24,25). The first-order valence-electron chi connectivity index (χ1n) is 10.9. The van der Waals surface area contributed by atoms with Crippen LogP contribution in [0.3, 0.4) is 0 Å². The minimum absolute atomic E-state index is 0.180. The van der Waals surface area contributed by atoms with Gasteiger partial charge in [-0.2, -0.15) is 0 Å². The quantitative estimate of drug-likeness (QED) is 0.542. The van der Waals surface area contributed by atoms with Crippen LogP contribution in [0.15, 0.2) is 29.3 Å². The summed E-state index contributed by atoms with van der Waals surface area (Å²) in [5.41, 5.74) is 8.73. The van der Waals surface area contributed by atoms with Crippen LogP contribution in [0.5, 0.6) is 0 Å². The number of hydrogen-bond donors (Lipinski definition) is 2. The average molecular weight is 418 g/mol. The molecule has 2 heterocycles. The number of nitrogens with one attached hydrogen (secondary N) is 1. The van der Waals surface area contributed by atoms with Crippen molar-refractivity contribution in [2.75, 3.05) is 52.5 Å². The van der Waals surface area contributed by atoms with Crippen molar-refractivity contribution >= 4 is 12.1 Å². The van der Waals surface area contributed by atoms with Crippen LogP contribution in [0.1, 0.15) is 36.9 Å². The number of rotatable bonds is 6. The summed E-state index contributed by atoms with van der Waals surface area (Å²) in [5.74, 6) is 0.468. The topological polar surface area (TPSA) is 92.4 Å². The smallest absolute Gasteiger partial charge is 0.409 e. The molecule has 8 heteroatoms. The fourth-order valence-corrected chi connectivity index (χ4v) is 4.06. The van der Waals surface area contributed by atoms with Crippen molar-refractivity contribution in [2.24, 2.45) is 10.7 Å². The summed E-state index contributed by atoms with van der Waals surface area (Å²) in [4.78, 5) is 20.7. The lowest BCUT2D eigenvalue weighted by atomic mass is 10.0. The van der Waals surface area contributed by atoms with Gasteiger partial charge in [-0.1, -0.05) is 29.8 Å². The van der Waals surface area contributed by atoms with Gasteiger partial charge in [0.2, 0.25) is 0 Å². The Balaban J connectivity index is 1.56. The Hall–Kier alpha value is -2.32. The Morgan fingerprint density at radius 1 is 1.30 bits per heavy atom. The minimum atomic E-state index is -0.232. The molecule has 2 aliphatic heterocycles. The number of nitrogens with zero attached hydrogens (tertiary/aromatic N) is 3. The summed E-state index contributed by atoms with van der Waals surface area (Å²) < 4.78 is 10.6. The van der Waals surface area contributed by atoms with Crippen molar-refractivity contribution in [3.8, 4) is 0 Å². The van der Waals surface area contributed by atoms with E-state index in [9.17, 15) is 4.79 Å². The van der Waals surface area contributed by atoms with E-state index in [-0.39, 0.29) is 18.2 Å². The largest absolute Gasteiger partial charge is 0.450 e. The molecule has 0 bridgehead atoms. The average Bonchev–Trinajstić information content (AvgIpc) is 2.75. The molecule has 1 amide bonds. The van der Waals surface area contributed by atoms with Crippen molar-refractivity contribution in [2.45, 2.75) is 38.8 Å². The third kappa shape index (κ3) is 6.34. The molecule has 0 spiro atoms. The number of morpholine rings is 1. The van der Waals surface area contributed by atoms with Crippen molar-refractivity contribution in [3.63, 3.8) is 0 Å². The molecule has 3 rings (SSSR count). The van der Waals surface area contributed by atoms with E-state index < -0.39 is 0 Å². The first-order valence-corrected chi connectivity index (χ1v) is 10.9. The van der Waals surface area contributed by atoms with Crippen LogP contribution >= 0.6 is 0 Å². The van der Waals surface area contributed by atoms with Gasteiger partial charge in [-0.05, 0) is 32.3 Å². The predicted molar refractivity (Wildman–Crippen MR) is 118 cm³/mol. The monoisotopic (exact) mass is 417 g/mol. The van der Waals surface area contributed by atoms with Crippen molar-refractivity contribution in [1.29, 1.82) is 0 Å². The normalized spacial score (nSPS) is 20.1. The molecule has 1 atom stereocenters. The maximum absolute atomic E-state index is 11.8. The molecule has 3 N–H and O–H groups in total. The number of benzene rings is 1. The molecular formula is C22H35N5O3. The fourth-order valence-electron chi connectivity index (χ4n) is 4.06. The Morgan fingerprint density at radius 2 is 2.03 bits per heavy atom. The fraction of sp³-hybridized carbons (Fsp3) is 0.636. The summed E-state index contributed by atoms with van der Waals surface area (Å²) in [7, 11) is 0. The number of hydrogen-bond acceptors (Lipinski definition) is 5. The zero-order valence-electron chi connectivity index (χ0n) is 18.2. The summed E-state index contributed by atoms with van der Waals surface area (Å²) >= 11 is 0. The number of likely N-dealkylation sites (tertiary alicyclic amines) is 1. The van der Waals surface area contributed by atoms with E-state index in [0.29, 0.717) is 32.2 Å². The third-order valence-electron chi connectivity index (χ3n) is 5.72. The Labute approximate surface area is 179 Å². The van der Waals surface area contributed by atoms with E-state index in [0.717, 1.165) is 39.1 Å². The molecule has 0 aromatic heterocycles. The molecule has 0 aliphatic carbocycles. The Bertz CT molecular complexity index is 712. The number of guanidine groups is 1. The SMILES string of the molecule is CCOC(=O)N1CCC(NC(N)=NCC(c2cccc(C)c2)N2CCOCC2)CC1. The number of carbonyl (C=O) groups excluding carboxylic acids is 1.